The van der Waals surface area contributed by atoms with Gasteiger partial charge in [0.15, 0.2) is 0 Å². The number of ether oxygens (including phenoxy) is 4. The molecule has 0 radical (unpaired) electrons. The Morgan fingerprint density at radius 1 is 0.625 bits per heavy atom. The van der Waals surface area contributed by atoms with Gasteiger partial charge in [-0.05, 0) is 133 Å². The van der Waals surface area contributed by atoms with E-state index in [1.807, 2.05) is 57.2 Å². The van der Waals surface area contributed by atoms with Gasteiger partial charge < -0.3 is 23.4 Å². The topological polar surface area (TPSA) is 97.4 Å². The molecule has 0 heterocycles. The van der Waals surface area contributed by atoms with Crippen molar-refractivity contribution < 1.29 is 40.5 Å². The van der Waals surface area contributed by atoms with Crippen LogP contribution < -0.4 is 19.8 Å². The molecule has 0 N–H and O–H groups in total. The first kappa shape index (κ1) is 47.9. The van der Waals surface area contributed by atoms with Crippen LogP contribution in [0.5, 0.6) is 11.5 Å². The second-order valence-electron chi connectivity index (χ2n) is 17.1. The summed E-state index contributed by atoms with van der Waals surface area (Å²) in [7, 11) is -4.69. The maximum atomic E-state index is 13.5. The van der Waals surface area contributed by atoms with E-state index in [0.717, 1.165) is 56.3 Å². The summed E-state index contributed by atoms with van der Waals surface area (Å²) in [5.74, 6) is 0.905. The predicted molar refractivity (Wildman–Crippen MR) is 254 cm³/mol. The van der Waals surface area contributed by atoms with Crippen LogP contribution in [0.25, 0.3) is 0 Å². The molecule has 11 heteroatoms. The highest BCUT2D eigenvalue weighted by Gasteiger charge is 2.53. The van der Waals surface area contributed by atoms with Crippen molar-refractivity contribution >= 4 is 34.9 Å². The van der Waals surface area contributed by atoms with Crippen LogP contribution in [0.15, 0.2) is 163 Å². The first-order valence-corrected chi connectivity index (χ1v) is 24.9. The Balaban J connectivity index is 1.31. The van der Waals surface area contributed by atoms with Crippen LogP contribution in [0.4, 0.5) is 3.89 Å². The molecule has 336 valence electrons. The van der Waals surface area contributed by atoms with E-state index in [4.69, 9.17) is 23.4 Å². The highest BCUT2D eigenvalue weighted by Crippen LogP contribution is 2.45. The Morgan fingerprint density at radius 2 is 1.08 bits per heavy atom. The van der Waals surface area contributed by atoms with E-state index in [1.165, 1.54) is 12.1 Å². The number of carbonyl (C=O) groups excluding carboxylic acids is 1. The Morgan fingerprint density at radius 3 is 1.50 bits per heavy atom. The van der Waals surface area contributed by atoms with E-state index >= 15 is 0 Å². The molecule has 0 amide bonds. The zero-order valence-electron chi connectivity index (χ0n) is 37.9. The summed E-state index contributed by atoms with van der Waals surface area (Å²) in [6.07, 6.45) is 1.04. The summed E-state index contributed by atoms with van der Waals surface area (Å²) in [6.45, 7) is 12.6. The van der Waals surface area contributed by atoms with Crippen molar-refractivity contribution in [3.8, 4) is 11.5 Å². The number of rotatable bonds is 20. The zero-order chi connectivity index (χ0) is 46.1. The van der Waals surface area contributed by atoms with Gasteiger partial charge in [0.25, 0.3) is 8.32 Å². The van der Waals surface area contributed by atoms with Gasteiger partial charge in [-0.3, -0.25) is 0 Å². The van der Waals surface area contributed by atoms with Crippen molar-refractivity contribution in [2.24, 2.45) is 0 Å². The molecular weight excluding hydrogens is 844 g/mol. The molecule has 64 heavy (non-hydrogen) atoms. The fourth-order valence-electron chi connectivity index (χ4n) is 8.65. The lowest BCUT2D eigenvalue weighted by Gasteiger charge is -2.47. The van der Waals surface area contributed by atoms with E-state index < -0.39 is 46.1 Å². The van der Waals surface area contributed by atoms with Gasteiger partial charge in [-0.2, -0.15) is 8.42 Å². The molecule has 0 spiro atoms. The van der Waals surface area contributed by atoms with Crippen LogP contribution >= 0.6 is 0 Å². The molecule has 6 rings (SSSR count). The van der Waals surface area contributed by atoms with E-state index in [1.54, 1.807) is 14.2 Å². The summed E-state index contributed by atoms with van der Waals surface area (Å²) in [5, 5.41) is 1.85. The van der Waals surface area contributed by atoms with Gasteiger partial charge in [-0.15, -0.1) is 3.89 Å². The smallest absolute Gasteiger partial charge is 0.338 e. The minimum atomic E-state index is -4.89. The minimum Gasteiger partial charge on any atom is -0.497 e. The molecule has 2 unspecified atom stereocenters. The van der Waals surface area contributed by atoms with Crippen LogP contribution in [0.1, 0.15) is 87.0 Å². The summed E-state index contributed by atoms with van der Waals surface area (Å²) in [6, 6.07) is 50.3. The number of carbonyl (C=O) groups is 1. The van der Waals surface area contributed by atoms with Crippen LogP contribution in [-0.4, -0.2) is 55.2 Å². The molecule has 0 fully saturated rings. The van der Waals surface area contributed by atoms with Gasteiger partial charge in [-0.1, -0.05) is 123 Å². The molecule has 0 bridgehead atoms. The van der Waals surface area contributed by atoms with Crippen LogP contribution in [0.2, 0.25) is 5.04 Å². The third-order valence-electron chi connectivity index (χ3n) is 11.8. The summed E-state index contributed by atoms with van der Waals surface area (Å²) in [5.41, 5.74) is 3.23. The number of esters is 1. The van der Waals surface area contributed by atoms with Crippen molar-refractivity contribution in [1.82, 2.24) is 0 Å². The van der Waals surface area contributed by atoms with Crippen LogP contribution in [-0.2, 0) is 36.1 Å². The monoisotopic (exact) mass is 902 g/mol. The molecule has 0 aliphatic rings. The molecule has 6 aromatic carbocycles. The lowest BCUT2D eigenvalue weighted by molar-refractivity contribution is -0.0293. The van der Waals surface area contributed by atoms with Crippen LogP contribution in [0.3, 0.4) is 0 Å². The average Bonchev–Trinajstić information content (AvgIpc) is 3.30. The zero-order valence-corrected chi connectivity index (χ0v) is 39.7. The summed E-state index contributed by atoms with van der Waals surface area (Å²) >= 11 is 0. The number of methoxy groups -OCH3 is 2. The number of halogens is 1. The fourth-order valence-corrected chi connectivity index (χ4v) is 14.1. The molecule has 0 saturated carbocycles. The lowest BCUT2D eigenvalue weighted by atomic mass is 9.79. The largest absolute Gasteiger partial charge is 0.497 e. The second-order valence-corrected chi connectivity index (χ2v) is 22.6. The quantitative estimate of drug-likeness (QED) is 0.0323. The van der Waals surface area contributed by atoms with Gasteiger partial charge >= 0.3 is 16.2 Å². The maximum absolute atomic E-state index is 13.5. The first-order chi connectivity index (χ1) is 30.5. The summed E-state index contributed by atoms with van der Waals surface area (Å²) < 4.78 is 67.6. The van der Waals surface area contributed by atoms with Crippen molar-refractivity contribution in [3.05, 3.63) is 186 Å². The molecule has 8 nitrogen and oxygen atoms in total. The Labute approximate surface area is 379 Å². The molecule has 0 aliphatic carbocycles. The van der Waals surface area contributed by atoms with Gasteiger partial charge in [0, 0.05) is 6.10 Å². The van der Waals surface area contributed by atoms with Crippen molar-refractivity contribution in [2.45, 2.75) is 94.7 Å². The lowest BCUT2D eigenvalue weighted by Crippen LogP contribution is -2.68. The second kappa shape index (κ2) is 20.5. The summed E-state index contributed by atoms with van der Waals surface area (Å²) in [4.78, 5) is 12.6. The van der Waals surface area contributed by atoms with Gasteiger partial charge in [0.2, 0.25) is 0 Å². The Kier molecular flexibility index (Phi) is 15.3. The molecule has 2 atom stereocenters. The normalized spacial score (nSPS) is 13.3. The molecule has 0 aromatic heterocycles. The minimum absolute atomic E-state index is 0.117. The average molecular weight is 903 g/mol. The Hall–Kier alpha value is -5.59. The van der Waals surface area contributed by atoms with Crippen molar-refractivity contribution in [1.29, 1.82) is 0 Å². The van der Waals surface area contributed by atoms with Gasteiger partial charge in [-0.25, -0.2) is 4.79 Å². The van der Waals surface area contributed by atoms with Crippen LogP contribution in [0, 0.1) is 0 Å². The molecule has 0 aliphatic heterocycles. The number of benzene rings is 6. The molecular formula is C53H59FO8SSi. The number of hydrogen-bond donors (Lipinski definition) is 0. The third-order valence-corrected chi connectivity index (χ3v) is 17.9. The van der Waals surface area contributed by atoms with E-state index in [2.05, 4.69) is 118 Å². The SMILES string of the molecule is COc1ccc(C(OC(C)C)(c2ccc(CC(C)O[Si](c3ccccc3)(c3ccccc3)C(C)(C)CCC(C)OC(=O)c3ccc(S(=O)(=O)F)cc3)cc2)c2ccc(OC)cc2)cc1. The maximum Gasteiger partial charge on any atom is 0.338 e. The third kappa shape index (κ3) is 10.7. The van der Waals surface area contributed by atoms with E-state index in [0.29, 0.717) is 19.3 Å². The molecule has 6 aromatic rings. The van der Waals surface area contributed by atoms with Gasteiger partial charge in [0.05, 0.1) is 36.9 Å². The Bertz CT molecular complexity index is 2440. The fraction of sp³-hybridized carbons (Fsp3) is 0.302. The highest BCUT2D eigenvalue weighted by atomic mass is 32.3. The predicted octanol–water partition coefficient (Wildman–Crippen LogP) is 10.6. The first-order valence-electron chi connectivity index (χ1n) is 21.6. The van der Waals surface area contributed by atoms with Crippen molar-refractivity contribution in [2.75, 3.05) is 14.2 Å². The van der Waals surface area contributed by atoms with E-state index in [-0.39, 0.29) is 17.8 Å². The van der Waals surface area contributed by atoms with Gasteiger partial charge in [0.1, 0.15) is 17.1 Å². The number of hydrogen-bond acceptors (Lipinski definition) is 8. The highest BCUT2D eigenvalue weighted by molar-refractivity contribution is 7.86. The standard InChI is InChI=1S/C53H59FO8SSi/c1-38(2)61-53(44-25-29-46(58-7)30-26-44,45-27-31-47(59-8)32-28-45)43-23-19-41(20-24-43)37-40(4)62-64(49-15-11-9-12-16-49,50-17-13-10-14-18-50)52(5,6)36-35-39(3)60-51(55)42-21-33-48(34-22-42)63(54,56)57/h9-34,38-40H,35-37H2,1-8H3. The molecule has 0 saturated heterocycles. The van der Waals surface area contributed by atoms with Crippen molar-refractivity contribution in [3.63, 3.8) is 0 Å². The van der Waals surface area contributed by atoms with E-state index in [9.17, 15) is 17.1 Å².